The summed E-state index contributed by atoms with van der Waals surface area (Å²) in [5.74, 6) is 1.47. The molecule has 0 amide bonds. The lowest BCUT2D eigenvalue weighted by Gasteiger charge is -2.28. The molecule has 2 atom stereocenters. The molecule has 1 aromatic rings. The highest BCUT2D eigenvalue weighted by atomic mass is 16.5. The minimum Gasteiger partial charge on any atom is -0.493 e. The summed E-state index contributed by atoms with van der Waals surface area (Å²) in [5.41, 5.74) is 7.15. The molecule has 0 saturated heterocycles. The van der Waals surface area contributed by atoms with Gasteiger partial charge in [0.25, 0.3) is 0 Å². The minimum absolute atomic E-state index is 0.0445. The molecule has 0 aliphatic rings. The second-order valence-electron chi connectivity index (χ2n) is 4.38. The number of benzene rings is 1. The van der Waals surface area contributed by atoms with Crippen LogP contribution in [-0.2, 0) is 0 Å². The first-order valence-corrected chi connectivity index (χ1v) is 5.65. The van der Waals surface area contributed by atoms with Crippen LogP contribution in [0.25, 0.3) is 0 Å². The molecule has 4 heteroatoms. The van der Waals surface area contributed by atoms with Crippen LogP contribution in [0.15, 0.2) is 18.2 Å². The van der Waals surface area contributed by atoms with Crippen molar-refractivity contribution in [2.24, 2.45) is 5.73 Å². The molecule has 2 N–H and O–H groups in total. The Kier molecular flexibility index (Phi) is 4.78. The van der Waals surface area contributed by atoms with E-state index in [0.717, 1.165) is 17.1 Å². The fourth-order valence-electron chi connectivity index (χ4n) is 2.11. The number of hydrogen-bond donors (Lipinski definition) is 1. The smallest absolute Gasteiger partial charge is 0.161 e. The van der Waals surface area contributed by atoms with Crippen LogP contribution in [0.2, 0.25) is 0 Å². The van der Waals surface area contributed by atoms with Crippen molar-refractivity contribution in [3.05, 3.63) is 23.8 Å². The van der Waals surface area contributed by atoms with Crippen LogP contribution in [-0.4, -0.2) is 39.3 Å². The van der Waals surface area contributed by atoms with E-state index >= 15 is 0 Å². The monoisotopic (exact) mass is 238 g/mol. The van der Waals surface area contributed by atoms with E-state index in [0.29, 0.717) is 0 Å². The Balaban J connectivity index is 3.13. The van der Waals surface area contributed by atoms with E-state index in [1.54, 1.807) is 14.2 Å². The van der Waals surface area contributed by atoms with E-state index < -0.39 is 0 Å². The zero-order chi connectivity index (χ0) is 13.0. The molecule has 96 valence electrons. The van der Waals surface area contributed by atoms with Gasteiger partial charge in [0.1, 0.15) is 0 Å². The lowest BCUT2D eigenvalue weighted by atomic mass is 9.99. The molecule has 0 fully saturated rings. The van der Waals surface area contributed by atoms with Gasteiger partial charge in [0.2, 0.25) is 0 Å². The average molecular weight is 238 g/mol. The van der Waals surface area contributed by atoms with Crippen LogP contribution >= 0.6 is 0 Å². The van der Waals surface area contributed by atoms with E-state index in [2.05, 4.69) is 4.90 Å². The van der Waals surface area contributed by atoms with E-state index in [9.17, 15) is 0 Å². The number of hydrogen-bond acceptors (Lipinski definition) is 4. The molecule has 0 heterocycles. The predicted molar refractivity (Wildman–Crippen MR) is 69.6 cm³/mol. The maximum atomic E-state index is 6.02. The summed E-state index contributed by atoms with van der Waals surface area (Å²) in [7, 11) is 7.31. The number of rotatable bonds is 5. The third kappa shape index (κ3) is 3.11. The van der Waals surface area contributed by atoms with E-state index in [-0.39, 0.29) is 12.1 Å². The van der Waals surface area contributed by atoms with Crippen LogP contribution in [0.1, 0.15) is 18.5 Å². The maximum Gasteiger partial charge on any atom is 0.161 e. The van der Waals surface area contributed by atoms with Crippen molar-refractivity contribution in [1.82, 2.24) is 4.90 Å². The van der Waals surface area contributed by atoms with Gasteiger partial charge < -0.3 is 20.1 Å². The molecule has 0 aliphatic heterocycles. The molecule has 4 nitrogen and oxygen atoms in total. The fourth-order valence-corrected chi connectivity index (χ4v) is 2.11. The van der Waals surface area contributed by atoms with Crippen molar-refractivity contribution in [2.75, 3.05) is 28.3 Å². The molecule has 0 saturated carbocycles. The number of likely N-dealkylation sites (N-methyl/N-ethyl adjacent to an activating group) is 1. The van der Waals surface area contributed by atoms with Crippen molar-refractivity contribution in [2.45, 2.75) is 19.0 Å². The summed E-state index contributed by atoms with van der Waals surface area (Å²) in [5, 5.41) is 0. The molecule has 0 aliphatic carbocycles. The van der Waals surface area contributed by atoms with Crippen molar-refractivity contribution in [3.63, 3.8) is 0 Å². The SMILES string of the molecule is COc1ccc(C(C(C)N)N(C)C)cc1OC. The molecule has 0 bridgehead atoms. The molecular weight excluding hydrogens is 216 g/mol. The summed E-state index contributed by atoms with van der Waals surface area (Å²) < 4.78 is 10.5. The van der Waals surface area contributed by atoms with Gasteiger partial charge in [0.05, 0.1) is 14.2 Å². The van der Waals surface area contributed by atoms with Crippen LogP contribution in [0.4, 0.5) is 0 Å². The van der Waals surface area contributed by atoms with Crippen molar-refractivity contribution in [3.8, 4) is 11.5 Å². The second-order valence-corrected chi connectivity index (χ2v) is 4.38. The molecule has 0 aromatic heterocycles. The van der Waals surface area contributed by atoms with Gasteiger partial charge in [0, 0.05) is 12.1 Å². The molecule has 2 unspecified atom stereocenters. The highest BCUT2D eigenvalue weighted by molar-refractivity contribution is 5.44. The van der Waals surface area contributed by atoms with Gasteiger partial charge in [-0.1, -0.05) is 6.07 Å². The standard InChI is InChI=1S/C13H22N2O2/c1-9(14)13(15(2)3)10-6-7-11(16-4)12(8-10)17-5/h6-9,13H,14H2,1-5H3. The normalized spacial score (nSPS) is 14.5. The number of ether oxygens (including phenoxy) is 2. The van der Waals surface area contributed by atoms with Crippen LogP contribution in [0, 0.1) is 0 Å². The second kappa shape index (κ2) is 5.89. The predicted octanol–water partition coefficient (Wildman–Crippen LogP) is 1.65. The summed E-state index contributed by atoms with van der Waals surface area (Å²) in [6.45, 7) is 2.00. The zero-order valence-corrected chi connectivity index (χ0v) is 11.2. The average Bonchev–Trinajstić information content (AvgIpc) is 2.27. The van der Waals surface area contributed by atoms with Gasteiger partial charge in [0.15, 0.2) is 11.5 Å². The van der Waals surface area contributed by atoms with Gasteiger partial charge in [-0.3, -0.25) is 0 Å². The third-order valence-corrected chi connectivity index (χ3v) is 2.80. The van der Waals surface area contributed by atoms with E-state index in [1.807, 2.05) is 39.2 Å². The van der Waals surface area contributed by atoms with E-state index in [1.165, 1.54) is 0 Å². The maximum absolute atomic E-state index is 6.02. The highest BCUT2D eigenvalue weighted by Crippen LogP contribution is 2.32. The van der Waals surface area contributed by atoms with Crippen molar-refractivity contribution >= 4 is 0 Å². The fraction of sp³-hybridized carbons (Fsp3) is 0.538. The van der Waals surface area contributed by atoms with Crippen LogP contribution in [0.5, 0.6) is 11.5 Å². The van der Waals surface area contributed by atoms with Crippen molar-refractivity contribution < 1.29 is 9.47 Å². The van der Waals surface area contributed by atoms with Gasteiger partial charge in [-0.25, -0.2) is 0 Å². The first kappa shape index (κ1) is 13.8. The Morgan fingerprint density at radius 1 is 1.12 bits per heavy atom. The Labute approximate surface area is 103 Å². The zero-order valence-electron chi connectivity index (χ0n) is 11.2. The quantitative estimate of drug-likeness (QED) is 0.847. The summed E-state index contributed by atoms with van der Waals surface area (Å²) >= 11 is 0. The van der Waals surface area contributed by atoms with Crippen LogP contribution < -0.4 is 15.2 Å². The summed E-state index contributed by atoms with van der Waals surface area (Å²) in [6.07, 6.45) is 0. The van der Waals surface area contributed by atoms with Crippen molar-refractivity contribution in [1.29, 1.82) is 0 Å². The van der Waals surface area contributed by atoms with Gasteiger partial charge in [-0.05, 0) is 38.7 Å². The molecule has 1 aromatic carbocycles. The Morgan fingerprint density at radius 2 is 1.71 bits per heavy atom. The lowest BCUT2D eigenvalue weighted by molar-refractivity contribution is 0.264. The molecule has 17 heavy (non-hydrogen) atoms. The van der Waals surface area contributed by atoms with Gasteiger partial charge >= 0.3 is 0 Å². The first-order chi connectivity index (χ1) is 8.01. The van der Waals surface area contributed by atoms with Crippen LogP contribution in [0.3, 0.4) is 0 Å². The van der Waals surface area contributed by atoms with Gasteiger partial charge in [-0.2, -0.15) is 0 Å². The van der Waals surface area contributed by atoms with E-state index in [4.69, 9.17) is 15.2 Å². The summed E-state index contributed by atoms with van der Waals surface area (Å²) in [6, 6.07) is 6.12. The molecular formula is C13H22N2O2. The highest BCUT2D eigenvalue weighted by Gasteiger charge is 2.20. The summed E-state index contributed by atoms with van der Waals surface area (Å²) in [4.78, 5) is 2.10. The molecule has 1 rings (SSSR count). The third-order valence-electron chi connectivity index (χ3n) is 2.80. The number of nitrogens with two attached hydrogens (primary N) is 1. The molecule has 0 spiro atoms. The number of nitrogens with zero attached hydrogens (tertiary/aromatic N) is 1. The van der Waals surface area contributed by atoms with Gasteiger partial charge in [-0.15, -0.1) is 0 Å². The topological polar surface area (TPSA) is 47.7 Å². The minimum atomic E-state index is 0.0445. The largest absolute Gasteiger partial charge is 0.493 e. The molecule has 0 radical (unpaired) electrons. The Hall–Kier alpha value is -1.26. The number of methoxy groups -OCH3 is 2. The first-order valence-electron chi connectivity index (χ1n) is 5.65. The Morgan fingerprint density at radius 3 is 2.12 bits per heavy atom. The lowest BCUT2D eigenvalue weighted by Crippen LogP contribution is -2.35. The Bertz CT molecular complexity index is 356.